The normalized spacial score (nSPS) is 10.7. The van der Waals surface area contributed by atoms with E-state index in [0.29, 0.717) is 12.2 Å². The van der Waals surface area contributed by atoms with Gasteiger partial charge in [-0.3, -0.25) is 0 Å². The van der Waals surface area contributed by atoms with Crippen molar-refractivity contribution in [2.75, 3.05) is 11.9 Å². The number of rotatable bonds is 4. The molecule has 0 aliphatic rings. The average Bonchev–Trinajstić information content (AvgIpc) is 2.92. The lowest BCUT2D eigenvalue weighted by molar-refractivity contribution is 0.410. The molecule has 0 bridgehead atoms. The number of aromatic nitrogens is 3. The minimum absolute atomic E-state index is 0.697. The number of fused-ring (bicyclic) bond motifs is 1. The van der Waals surface area contributed by atoms with E-state index in [0.717, 1.165) is 23.3 Å². The summed E-state index contributed by atoms with van der Waals surface area (Å²) >= 11 is 0. The molecule has 0 saturated carbocycles. The van der Waals surface area contributed by atoms with Crippen molar-refractivity contribution in [2.45, 2.75) is 6.42 Å². The fourth-order valence-electron chi connectivity index (χ4n) is 1.77. The van der Waals surface area contributed by atoms with Crippen LogP contribution in [0.5, 0.6) is 0 Å². The topological polar surface area (TPSA) is 63.8 Å². The van der Waals surface area contributed by atoms with E-state index in [2.05, 4.69) is 31.0 Å². The zero-order chi connectivity index (χ0) is 12.2. The fourth-order valence-corrected chi connectivity index (χ4v) is 1.77. The molecule has 0 aliphatic heterocycles. The minimum Gasteiger partial charge on any atom is -0.370 e. The van der Waals surface area contributed by atoms with Crippen LogP contribution in [-0.4, -0.2) is 21.7 Å². The second-order valence-corrected chi connectivity index (χ2v) is 3.91. The van der Waals surface area contributed by atoms with E-state index < -0.39 is 0 Å². The second-order valence-electron chi connectivity index (χ2n) is 3.91. The van der Waals surface area contributed by atoms with Gasteiger partial charge in [-0.25, -0.2) is 4.98 Å². The van der Waals surface area contributed by atoms with Crippen LogP contribution in [0.2, 0.25) is 0 Å². The maximum absolute atomic E-state index is 4.67. The Kier molecular flexibility index (Phi) is 2.87. The first-order chi connectivity index (χ1) is 8.92. The van der Waals surface area contributed by atoms with Gasteiger partial charge < -0.3 is 9.84 Å². The van der Waals surface area contributed by atoms with Crippen LogP contribution in [0.4, 0.5) is 5.82 Å². The summed E-state index contributed by atoms with van der Waals surface area (Å²) in [6.45, 7) is 0.727. The Labute approximate surface area is 104 Å². The lowest BCUT2D eigenvalue weighted by Gasteiger charge is -2.05. The zero-order valence-corrected chi connectivity index (χ0v) is 9.71. The standard InChI is InChI=1S/C13H12N4O/c1-2-4-11-10(3-1)5-6-12(16-11)14-8-7-13-15-9-18-17-13/h1-6,9H,7-8H2,(H,14,16). The summed E-state index contributed by atoms with van der Waals surface area (Å²) in [6.07, 6.45) is 2.05. The van der Waals surface area contributed by atoms with Crippen LogP contribution in [-0.2, 0) is 6.42 Å². The summed E-state index contributed by atoms with van der Waals surface area (Å²) in [5.41, 5.74) is 0.988. The summed E-state index contributed by atoms with van der Waals surface area (Å²) in [5, 5.41) is 8.13. The van der Waals surface area contributed by atoms with E-state index in [9.17, 15) is 0 Å². The van der Waals surface area contributed by atoms with Crippen LogP contribution >= 0.6 is 0 Å². The molecule has 0 atom stereocenters. The highest BCUT2D eigenvalue weighted by Crippen LogP contribution is 2.14. The molecule has 5 heteroatoms. The van der Waals surface area contributed by atoms with Crippen molar-refractivity contribution in [3.05, 3.63) is 48.6 Å². The predicted octanol–water partition coefficient (Wildman–Crippen LogP) is 2.27. The molecule has 0 fully saturated rings. The molecule has 0 aliphatic carbocycles. The van der Waals surface area contributed by atoms with Crippen molar-refractivity contribution in [2.24, 2.45) is 0 Å². The monoisotopic (exact) mass is 240 g/mol. The molecule has 2 aromatic heterocycles. The summed E-state index contributed by atoms with van der Waals surface area (Å²) in [6, 6.07) is 12.1. The van der Waals surface area contributed by atoms with E-state index in [1.807, 2.05) is 30.3 Å². The smallest absolute Gasteiger partial charge is 0.213 e. The molecule has 0 spiro atoms. The van der Waals surface area contributed by atoms with Crippen LogP contribution in [0.25, 0.3) is 10.9 Å². The highest BCUT2D eigenvalue weighted by Gasteiger charge is 2.00. The molecule has 5 nitrogen and oxygen atoms in total. The van der Waals surface area contributed by atoms with Gasteiger partial charge in [0.15, 0.2) is 5.82 Å². The van der Waals surface area contributed by atoms with Crippen molar-refractivity contribution in [1.29, 1.82) is 0 Å². The quantitative estimate of drug-likeness (QED) is 0.757. The first-order valence-corrected chi connectivity index (χ1v) is 5.77. The summed E-state index contributed by atoms with van der Waals surface area (Å²) in [7, 11) is 0. The second kappa shape index (κ2) is 4.83. The number of anilines is 1. The number of para-hydroxylation sites is 1. The molecule has 90 valence electrons. The molecular formula is C13H12N4O. The maximum Gasteiger partial charge on any atom is 0.213 e. The Bertz CT molecular complexity index is 636. The molecule has 2 heterocycles. The molecule has 0 unspecified atom stereocenters. The van der Waals surface area contributed by atoms with Gasteiger partial charge in [-0.05, 0) is 18.2 Å². The van der Waals surface area contributed by atoms with Crippen molar-refractivity contribution >= 4 is 16.7 Å². The van der Waals surface area contributed by atoms with Gasteiger partial charge in [0.1, 0.15) is 5.82 Å². The van der Waals surface area contributed by atoms with Crippen molar-refractivity contribution in [3.63, 3.8) is 0 Å². The fraction of sp³-hybridized carbons (Fsp3) is 0.154. The third kappa shape index (κ3) is 2.29. The van der Waals surface area contributed by atoms with Gasteiger partial charge in [-0.2, -0.15) is 4.98 Å². The lowest BCUT2D eigenvalue weighted by atomic mass is 10.2. The van der Waals surface area contributed by atoms with Crippen LogP contribution in [0.3, 0.4) is 0 Å². The number of benzene rings is 1. The van der Waals surface area contributed by atoms with E-state index in [4.69, 9.17) is 0 Å². The third-order valence-electron chi connectivity index (χ3n) is 2.66. The van der Waals surface area contributed by atoms with Gasteiger partial charge in [-0.15, -0.1) is 0 Å². The van der Waals surface area contributed by atoms with Gasteiger partial charge in [0.2, 0.25) is 6.39 Å². The highest BCUT2D eigenvalue weighted by molar-refractivity contribution is 5.79. The van der Waals surface area contributed by atoms with Crippen LogP contribution < -0.4 is 5.32 Å². The van der Waals surface area contributed by atoms with Crippen molar-refractivity contribution < 1.29 is 4.52 Å². The maximum atomic E-state index is 4.67. The largest absolute Gasteiger partial charge is 0.370 e. The average molecular weight is 240 g/mol. The van der Waals surface area contributed by atoms with E-state index in [1.165, 1.54) is 6.39 Å². The zero-order valence-electron chi connectivity index (χ0n) is 9.71. The van der Waals surface area contributed by atoms with E-state index >= 15 is 0 Å². The number of nitrogens with zero attached hydrogens (tertiary/aromatic N) is 3. The van der Waals surface area contributed by atoms with Crippen molar-refractivity contribution in [1.82, 2.24) is 15.1 Å². The lowest BCUT2D eigenvalue weighted by Crippen LogP contribution is -2.07. The molecule has 0 saturated heterocycles. The Morgan fingerprint density at radius 3 is 2.94 bits per heavy atom. The number of nitrogens with one attached hydrogen (secondary N) is 1. The molecule has 0 radical (unpaired) electrons. The van der Waals surface area contributed by atoms with Gasteiger partial charge in [0, 0.05) is 18.4 Å². The minimum atomic E-state index is 0.697. The van der Waals surface area contributed by atoms with E-state index in [-0.39, 0.29) is 0 Å². The third-order valence-corrected chi connectivity index (χ3v) is 2.66. The number of hydrogen-bond donors (Lipinski definition) is 1. The SMILES string of the molecule is c1ccc2nc(NCCc3ncon3)ccc2c1. The number of pyridine rings is 1. The van der Waals surface area contributed by atoms with Crippen LogP contribution in [0.15, 0.2) is 47.3 Å². The molecule has 1 aromatic carbocycles. The number of hydrogen-bond acceptors (Lipinski definition) is 5. The van der Waals surface area contributed by atoms with Gasteiger partial charge in [0.25, 0.3) is 0 Å². The van der Waals surface area contributed by atoms with E-state index in [1.54, 1.807) is 0 Å². The summed E-state index contributed by atoms with van der Waals surface area (Å²) in [5.74, 6) is 1.56. The Balaban J connectivity index is 1.67. The van der Waals surface area contributed by atoms with Crippen molar-refractivity contribution in [3.8, 4) is 0 Å². The molecule has 18 heavy (non-hydrogen) atoms. The van der Waals surface area contributed by atoms with Crippen LogP contribution in [0.1, 0.15) is 5.82 Å². The van der Waals surface area contributed by atoms with Gasteiger partial charge in [0.05, 0.1) is 5.52 Å². The Morgan fingerprint density at radius 1 is 1.11 bits per heavy atom. The molecule has 3 aromatic rings. The van der Waals surface area contributed by atoms with Gasteiger partial charge in [-0.1, -0.05) is 23.4 Å². The summed E-state index contributed by atoms with van der Waals surface area (Å²) < 4.78 is 4.67. The predicted molar refractivity (Wildman–Crippen MR) is 68.2 cm³/mol. The Hall–Kier alpha value is -2.43. The molecule has 0 amide bonds. The first-order valence-electron chi connectivity index (χ1n) is 5.77. The molecule has 1 N–H and O–H groups in total. The summed E-state index contributed by atoms with van der Waals surface area (Å²) in [4.78, 5) is 8.48. The molecule has 3 rings (SSSR count). The Morgan fingerprint density at radius 2 is 2.06 bits per heavy atom. The van der Waals surface area contributed by atoms with Crippen LogP contribution in [0, 0.1) is 0 Å². The van der Waals surface area contributed by atoms with Gasteiger partial charge >= 0.3 is 0 Å². The molecular weight excluding hydrogens is 228 g/mol. The first kappa shape index (κ1) is 10.7. The highest BCUT2D eigenvalue weighted by atomic mass is 16.5.